The van der Waals surface area contributed by atoms with Crippen LogP contribution in [0.1, 0.15) is 11.4 Å². The largest absolute Gasteiger partial charge is 0.352 e. The van der Waals surface area contributed by atoms with Gasteiger partial charge in [0.15, 0.2) is 0 Å². The van der Waals surface area contributed by atoms with E-state index in [1.165, 1.54) is 6.20 Å². The number of urea groups is 1. The van der Waals surface area contributed by atoms with E-state index in [0.29, 0.717) is 11.4 Å². The van der Waals surface area contributed by atoms with Crippen molar-refractivity contribution in [1.82, 2.24) is 15.3 Å². The second kappa shape index (κ2) is 3.70. The van der Waals surface area contributed by atoms with Crippen LogP contribution in [-0.2, 0) is 6.54 Å². The van der Waals surface area contributed by atoms with Crippen LogP contribution in [0.5, 0.6) is 0 Å². The Kier molecular flexibility index (Phi) is 2.63. The number of carbonyl (C=O) groups excluding carboxylic acids is 1. The molecule has 0 aliphatic rings. The highest BCUT2D eigenvalue weighted by atomic mass is 16.2. The molecule has 13 heavy (non-hydrogen) atoms. The van der Waals surface area contributed by atoms with Gasteiger partial charge in [-0.15, -0.1) is 0 Å². The molecule has 0 aliphatic carbocycles. The zero-order valence-corrected chi connectivity index (χ0v) is 7.13. The van der Waals surface area contributed by atoms with Crippen LogP contribution in [0.25, 0.3) is 0 Å². The van der Waals surface area contributed by atoms with E-state index in [0.717, 1.165) is 0 Å². The van der Waals surface area contributed by atoms with Gasteiger partial charge >= 0.3 is 6.03 Å². The van der Waals surface area contributed by atoms with Gasteiger partial charge in [-0.3, -0.25) is 4.79 Å². The van der Waals surface area contributed by atoms with Crippen LogP contribution in [-0.4, -0.2) is 16.0 Å². The molecule has 6 heteroatoms. The third kappa shape index (κ3) is 2.58. The average Bonchev–Trinajstić information content (AvgIpc) is 2.02. The van der Waals surface area contributed by atoms with E-state index in [1.54, 1.807) is 6.92 Å². The molecule has 1 rings (SSSR count). The maximum absolute atomic E-state index is 11.2. The van der Waals surface area contributed by atoms with E-state index < -0.39 is 6.03 Å². The first-order valence-electron chi connectivity index (χ1n) is 3.67. The molecule has 1 aromatic heterocycles. The number of aromatic amines is 1. The Hall–Kier alpha value is -1.85. The molecule has 0 aromatic carbocycles. The number of carbonyl (C=O) groups is 1. The lowest BCUT2D eigenvalue weighted by Crippen LogP contribution is -2.31. The number of aromatic nitrogens is 2. The number of nitrogens with two attached hydrogens (primary N) is 1. The number of nitrogens with zero attached hydrogens (tertiary/aromatic N) is 1. The second-order valence-electron chi connectivity index (χ2n) is 2.54. The van der Waals surface area contributed by atoms with Crippen molar-refractivity contribution >= 4 is 6.03 Å². The minimum atomic E-state index is -0.667. The Morgan fingerprint density at radius 3 is 3.00 bits per heavy atom. The monoisotopic (exact) mass is 182 g/mol. The lowest BCUT2D eigenvalue weighted by Gasteiger charge is -2.00. The van der Waals surface area contributed by atoms with E-state index in [2.05, 4.69) is 15.3 Å². The minimum Gasteiger partial charge on any atom is -0.352 e. The molecule has 70 valence electrons. The molecule has 1 aromatic rings. The number of hydrogen-bond acceptors (Lipinski definition) is 3. The van der Waals surface area contributed by atoms with Crippen molar-refractivity contribution in [2.24, 2.45) is 5.73 Å². The van der Waals surface area contributed by atoms with Gasteiger partial charge in [-0.1, -0.05) is 0 Å². The van der Waals surface area contributed by atoms with Gasteiger partial charge in [0.2, 0.25) is 0 Å². The van der Waals surface area contributed by atoms with Gasteiger partial charge in [0.05, 0.1) is 12.1 Å². The quantitative estimate of drug-likeness (QED) is 0.560. The van der Waals surface area contributed by atoms with Crippen molar-refractivity contribution in [2.75, 3.05) is 0 Å². The minimum absolute atomic E-state index is 0.0952. The van der Waals surface area contributed by atoms with Crippen molar-refractivity contribution < 1.29 is 4.79 Å². The Morgan fingerprint density at radius 2 is 2.46 bits per heavy atom. The predicted octanol–water partition coefficient (Wildman–Crippen LogP) is -0.753. The fourth-order valence-electron chi connectivity index (χ4n) is 0.818. The van der Waals surface area contributed by atoms with Crippen molar-refractivity contribution in [3.05, 3.63) is 27.9 Å². The molecule has 0 unspecified atom stereocenters. The van der Waals surface area contributed by atoms with Crippen LogP contribution < -0.4 is 16.6 Å². The topological polar surface area (TPSA) is 101 Å². The first-order chi connectivity index (χ1) is 6.09. The summed E-state index contributed by atoms with van der Waals surface area (Å²) in [5.41, 5.74) is 4.95. The summed E-state index contributed by atoms with van der Waals surface area (Å²) in [6.07, 6.45) is 1.41. The molecule has 0 fully saturated rings. The molecule has 2 amide bonds. The number of H-pyrrole nitrogens is 1. The summed E-state index contributed by atoms with van der Waals surface area (Å²) in [6, 6.07) is -0.667. The van der Waals surface area contributed by atoms with Gasteiger partial charge in [-0.25, -0.2) is 9.78 Å². The molecule has 0 radical (unpaired) electrons. The summed E-state index contributed by atoms with van der Waals surface area (Å²) in [4.78, 5) is 27.9. The molecule has 0 aliphatic heterocycles. The van der Waals surface area contributed by atoms with Gasteiger partial charge in [0.1, 0.15) is 5.82 Å². The van der Waals surface area contributed by atoms with Crippen molar-refractivity contribution in [2.45, 2.75) is 13.5 Å². The highest BCUT2D eigenvalue weighted by molar-refractivity contribution is 5.71. The molecule has 0 saturated heterocycles. The van der Waals surface area contributed by atoms with E-state index in [1.807, 2.05) is 0 Å². The van der Waals surface area contributed by atoms with E-state index in [9.17, 15) is 9.59 Å². The molecule has 4 N–H and O–H groups in total. The van der Waals surface area contributed by atoms with Crippen molar-refractivity contribution in [3.8, 4) is 0 Å². The summed E-state index contributed by atoms with van der Waals surface area (Å²) in [6.45, 7) is 1.77. The van der Waals surface area contributed by atoms with Crippen LogP contribution in [0.4, 0.5) is 4.79 Å². The fourth-order valence-corrected chi connectivity index (χ4v) is 0.818. The van der Waals surface area contributed by atoms with Crippen molar-refractivity contribution in [1.29, 1.82) is 0 Å². The van der Waals surface area contributed by atoms with Gasteiger partial charge in [-0.2, -0.15) is 0 Å². The Balaban J connectivity index is 2.78. The summed E-state index contributed by atoms with van der Waals surface area (Å²) < 4.78 is 0. The summed E-state index contributed by atoms with van der Waals surface area (Å²) in [7, 11) is 0. The smallest absolute Gasteiger partial charge is 0.312 e. The van der Waals surface area contributed by atoms with Crippen LogP contribution in [0.3, 0.4) is 0 Å². The van der Waals surface area contributed by atoms with Crippen molar-refractivity contribution in [3.63, 3.8) is 0 Å². The van der Waals surface area contributed by atoms with Gasteiger partial charge < -0.3 is 16.0 Å². The summed E-state index contributed by atoms with van der Waals surface area (Å²) in [5, 5.41) is 2.30. The molecule has 0 atom stereocenters. The maximum Gasteiger partial charge on any atom is 0.312 e. The highest BCUT2D eigenvalue weighted by Gasteiger charge is 2.00. The van der Waals surface area contributed by atoms with Gasteiger partial charge in [0.25, 0.3) is 5.56 Å². The van der Waals surface area contributed by atoms with E-state index in [-0.39, 0.29) is 12.1 Å². The fraction of sp³-hybridized carbons (Fsp3) is 0.286. The lowest BCUT2D eigenvalue weighted by molar-refractivity contribution is 0.248. The van der Waals surface area contributed by atoms with Crippen LogP contribution in [0, 0.1) is 6.92 Å². The Morgan fingerprint density at radius 1 is 1.77 bits per heavy atom. The zero-order chi connectivity index (χ0) is 9.84. The maximum atomic E-state index is 11.2. The number of amides is 2. The normalized spacial score (nSPS) is 9.62. The molecule has 6 nitrogen and oxygen atoms in total. The number of nitrogens with one attached hydrogen (secondary N) is 2. The Bertz CT molecular complexity index is 371. The third-order valence-corrected chi connectivity index (χ3v) is 1.45. The summed E-state index contributed by atoms with van der Waals surface area (Å²) >= 11 is 0. The lowest BCUT2D eigenvalue weighted by atomic mass is 10.3. The highest BCUT2D eigenvalue weighted by Crippen LogP contribution is 1.87. The second-order valence-corrected chi connectivity index (χ2v) is 2.54. The predicted molar refractivity (Wildman–Crippen MR) is 46.0 cm³/mol. The van der Waals surface area contributed by atoms with Crippen LogP contribution in [0.2, 0.25) is 0 Å². The molecule has 0 spiro atoms. The molecular formula is C7H10N4O2. The summed E-state index contributed by atoms with van der Waals surface area (Å²) in [5.74, 6) is 0.535. The first-order valence-corrected chi connectivity index (χ1v) is 3.67. The average molecular weight is 182 g/mol. The van der Waals surface area contributed by atoms with E-state index in [4.69, 9.17) is 5.73 Å². The first kappa shape index (κ1) is 9.24. The third-order valence-electron chi connectivity index (χ3n) is 1.45. The van der Waals surface area contributed by atoms with E-state index >= 15 is 0 Å². The number of hydrogen-bond donors (Lipinski definition) is 3. The molecule has 1 heterocycles. The standard InChI is InChI=1S/C7H10N4O2/c1-4-9-2-5(6(12)11-4)3-10-7(8)13/h2H,3H2,1H3,(H3,8,10,13)(H,9,11,12). The van der Waals surface area contributed by atoms with Crippen LogP contribution >= 0.6 is 0 Å². The molecular weight excluding hydrogens is 172 g/mol. The molecule has 0 bridgehead atoms. The SMILES string of the molecule is Cc1ncc(CNC(N)=O)c(=O)[nH]1. The zero-order valence-electron chi connectivity index (χ0n) is 7.13. The molecule has 0 saturated carbocycles. The van der Waals surface area contributed by atoms with Gasteiger partial charge in [0, 0.05) is 6.20 Å². The van der Waals surface area contributed by atoms with Gasteiger partial charge in [-0.05, 0) is 6.92 Å². The number of aryl methyl sites for hydroxylation is 1. The number of primary amides is 1. The van der Waals surface area contributed by atoms with Crippen LogP contribution in [0.15, 0.2) is 11.0 Å². The number of rotatable bonds is 2. The Labute approximate surface area is 74.2 Å².